The molecule has 0 aliphatic carbocycles. The van der Waals surface area contributed by atoms with Crippen LogP contribution in [-0.4, -0.2) is 37.9 Å². The summed E-state index contributed by atoms with van der Waals surface area (Å²) in [4.78, 5) is 8.26. The summed E-state index contributed by atoms with van der Waals surface area (Å²) in [7, 11) is 3.20. The molecule has 1 heterocycles. The zero-order valence-corrected chi connectivity index (χ0v) is 15.0. The summed E-state index contributed by atoms with van der Waals surface area (Å²) < 4.78 is 46.3. The molecule has 0 bridgehead atoms. The number of hydrogen-bond donors (Lipinski definition) is 2. The Balaban J connectivity index is 1.83. The highest BCUT2D eigenvalue weighted by molar-refractivity contribution is 5.79. The molecule has 2 aromatic rings. The number of pyridine rings is 1. The van der Waals surface area contributed by atoms with E-state index in [9.17, 15) is 13.2 Å². The fourth-order valence-corrected chi connectivity index (χ4v) is 2.20. The van der Waals surface area contributed by atoms with Crippen molar-refractivity contribution in [3.05, 3.63) is 53.7 Å². The molecule has 0 saturated carbocycles. The molecule has 0 amide bonds. The maximum absolute atomic E-state index is 12.1. The van der Waals surface area contributed by atoms with Crippen molar-refractivity contribution in [3.8, 4) is 11.6 Å². The predicted octanol–water partition coefficient (Wildman–Crippen LogP) is 2.90. The Morgan fingerprint density at radius 2 is 1.81 bits per heavy atom. The smallest absolute Gasteiger partial charge is 0.422 e. The van der Waals surface area contributed by atoms with Gasteiger partial charge in [0.2, 0.25) is 5.88 Å². The topological polar surface area (TPSA) is 67.8 Å². The quantitative estimate of drug-likeness (QED) is 0.569. The van der Waals surface area contributed by atoms with E-state index in [2.05, 4.69) is 25.3 Å². The van der Waals surface area contributed by atoms with Gasteiger partial charge in [0.05, 0.1) is 7.11 Å². The van der Waals surface area contributed by atoms with Gasteiger partial charge in [-0.3, -0.25) is 4.99 Å². The first-order valence-electron chi connectivity index (χ1n) is 8.12. The summed E-state index contributed by atoms with van der Waals surface area (Å²) in [5, 5.41) is 6.27. The van der Waals surface area contributed by atoms with Crippen molar-refractivity contribution in [1.29, 1.82) is 0 Å². The van der Waals surface area contributed by atoms with Crippen LogP contribution in [0.25, 0.3) is 0 Å². The second-order valence-corrected chi connectivity index (χ2v) is 5.50. The van der Waals surface area contributed by atoms with Crippen LogP contribution in [0.3, 0.4) is 0 Å². The van der Waals surface area contributed by atoms with Crippen LogP contribution in [0.15, 0.2) is 47.6 Å². The molecule has 6 nitrogen and oxygen atoms in total. The lowest BCUT2D eigenvalue weighted by Crippen LogP contribution is -2.36. The zero-order chi connectivity index (χ0) is 19.7. The molecule has 0 aliphatic rings. The van der Waals surface area contributed by atoms with Gasteiger partial charge in [-0.1, -0.05) is 18.2 Å². The van der Waals surface area contributed by atoms with Crippen molar-refractivity contribution in [2.75, 3.05) is 20.8 Å². The third-order valence-electron chi connectivity index (χ3n) is 3.50. The van der Waals surface area contributed by atoms with Crippen molar-refractivity contribution in [2.24, 2.45) is 4.99 Å². The van der Waals surface area contributed by atoms with Gasteiger partial charge in [-0.05, 0) is 23.8 Å². The van der Waals surface area contributed by atoms with Crippen LogP contribution in [0.4, 0.5) is 13.2 Å². The zero-order valence-electron chi connectivity index (χ0n) is 15.0. The van der Waals surface area contributed by atoms with E-state index in [0.717, 1.165) is 11.1 Å². The first-order valence-corrected chi connectivity index (χ1v) is 8.12. The molecule has 0 unspecified atom stereocenters. The summed E-state index contributed by atoms with van der Waals surface area (Å²) in [5.41, 5.74) is 1.75. The van der Waals surface area contributed by atoms with Crippen molar-refractivity contribution in [3.63, 3.8) is 0 Å². The Labute approximate surface area is 155 Å². The van der Waals surface area contributed by atoms with Crippen LogP contribution < -0.4 is 20.1 Å². The van der Waals surface area contributed by atoms with E-state index in [1.807, 2.05) is 12.1 Å². The number of rotatable bonds is 7. The van der Waals surface area contributed by atoms with Gasteiger partial charge in [0.1, 0.15) is 5.75 Å². The molecule has 9 heteroatoms. The highest BCUT2D eigenvalue weighted by Gasteiger charge is 2.28. The molecule has 1 aromatic carbocycles. The second-order valence-electron chi connectivity index (χ2n) is 5.50. The minimum Gasteiger partial charge on any atom is -0.484 e. The van der Waals surface area contributed by atoms with Crippen LogP contribution in [0, 0.1) is 0 Å². The number of guanidine groups is 1. The molecular weight excluding hydrogens is 361 g/mol. The van der Waals surface area contributed by atoms with E-state index < -0.39 is 12.8 Å². The average molecular weight is 382 g/mol. The van der Waals surface area contributed by atoms with Gasteiger partial charge in [-0.2, -0.15) is 13.2 Å². The Hall–Kier alpha value is -2.97. The Bertz CT molecular complexity index is 749. The number of alkyl halides is 3. The fourth-order valence-electron chi connectivity index (χ4n) is 2.20. The summed E-state index contributed by atoms with van der Waals surface area (Å²) in [6, 6.07) is 10.1. The maximum Gasteiger partial charge on any atom is 0.422 e. The van der Waals surface area contributed by atoms with Crippen molar-refractivity contribution in [2.45, 2.75) is 19.3 Å². The number of hydrogen-bond acceptors (Lipinski definition) is 4. The lowest BCUT2D eigenvalue weighted by atomic mass is 10.2. The van der Waals surface area contributed by atoms with Gasteiger partial charge in [-0.25, -0.2) is 4.98 Å². The number of halogens is 3. The molecule has 2 N–H and O–H groups in total. The Morgan fingerprint density at radius 3 is 2.44 bits per heavy atom. The molecule has 0 radical (unpaired) electrons. The SMILES string of the molecule is CN=C(NCc1ccc(OCC(F)(F)F)cc1)NCc1cccnc1OC. The molecule has 27 heavy (non-hydrogen) atoms. The molecule has 0 saturated heterocycles. The Morgan fingerprint density at radius 1 is 1.11 bits per heavy atom. The molecule has 1 aromatic heterocycles. The summed E-state index contributed by atoms with van der Waals surface area (Å²) in [5.74, 6) is 1.27. The first kappa shape index (κ1) is 20.3. The molecule has 2 rings (SSSR count). The number of nitrogens with one attached hydrogen (secondary N) is 2. The molecule has 0 spiro atoms. The number of nitrogens with zero attached hydrogens (tertiary/aromatic N) is 2. The Kier molecular flexibility index (Phi) is 7.27. The van der Waals surface area contributed by atoms with Gasteiger partial charge in [0.25, 0.3) is 0 Å². The maximum atomic E-state index is 12.1. The van der Waals surface area contributed by atoms with Crippen molar-refractivity contribution >= 4 is 5.96 Å². The van der Waals surface area contributed by atoms with E-state index in [4.69, 9.17) is 4.74 Å². The summed E-state index contributed by atoms with van der Waals surface area (Å²) in [6.45, 7) is -0.386. The van der Waals surface area contributed by atoms with Crippen LogP contribution in [-0.2, 0) is 13.1 Å². The molecular formula is C18H21F3N4O2. The first-order chi connectivity index (χ1) is 12.9. The van der Waals surface area contributed by atoms with Gasteiger partial charge >= 0.3 is 6.18 Å². The van der Waals surface area contributed by atoms with Gasteiger partial charge in [-0.15, -0.1) is 0 Å². The van der Waals surface area contributed by atoms with Gasteiger partial charge in [0.15, 0.2) is 12.6 Å². The van der Waals surface area contributed by atoms with Gasteiger partial charge < -0.3 is 20.1 Å². The summed E-state index contributed by atoms with van der Waals surface area (Å²) >= 11 is 0. The second kappa shape index (κ2) is 9.65. The molecule has 146 valence electrons. The minimum absolute atomic E-state index is 0.169. The van der Waals surface area contributed by atoms with E-state index in [0.29, 0.717) is 24.9 Å². The predicted molar refractivity (Wildman–Crippen MR) is 95.8 cm³/mol. The van der Waals surface area contributed by atoms with Gasteiger partial charge in [0, 0.05) is 31.9 Å². The highest BCUT2D eigenvalue weighted by Crippen LogP contribution is 2.18. The standard InChI is InChI=1S/C18H21F3N4O2/c1-22-17(25-11-14-4-3-9-23-16(14)26-2)24-10-13-5-7-15(8-6-13)27-12-18(19,20)21/h3-9H,10-12H2,1-2H3,(H2,22,24,25). The average Bonchev–Trinajstić information content (AvgIpc) is 2.67. The number of ether oxygens (including phenoxy) is 2. The van der Waals surface area contributed by atoms with E-state index in [-0.39, 0.29) is 5.75 Å². The lowest BCUT2D eigenvalue weighted by molar-refractivity contribution is -0.153. The summed E-state index contributed by atoms with van der Waals surface area (Å²) in [6.07, 6.45) is -2.70. The van der Waals surface area contributed by atoms with Crippen LogP contribution in [0.2, 0.25) is 0 Å². The minimum atomic E-state index is -4.35. The van der Waals surface area contributed by atoms with E-state index in [1.165, 1.54) is 12.1 Å². The van der Waals surface area contributed by atoms with E-state index >= 15 is 0 Å². The third-order valence-corrected chi connectivity index (χ3v) is 3.50. The van der Waals surface area contributed by atoms with Crippen molar-refractivity contribution in [1.82, 2.24) is 15.6 Å². The van der Waals surface area contributed by atoms with Crippen LogP contribution in [0.1, 0.15) is 11.1 Å². The number of benzene rings is 1. The van der Waals surface area contributed by atoms with E-state index in [1.54, 1.807) is 32.5 Å². The van der Waals surface area contributed by atoms with Crippen LogP contribution in [0.5, 0.6) is 11.6 Å². The molecule has 0 fully saturated rings. The largest absolute Gasteiger partial charge is 0.484 e. The highest BCUT2D eigenvalue weighted by atomic mass is 19.4. The normalized spacial score (nSPS) is 11.8. The third kappa shape index (κ3) is 7.04. The lowest BCUT2D eigenvalue weighted by Gasteiger charge is -2.13. The molecule has 0 aliphatic heterocycles. The fraction of sp³-hybridized carbons (Fsp3) is 0.333. The van der Waals surface area contributed by atoms with Crippen molar-refractivity contribution < 1.29 is 22.6 Å². The number of methoxy groups -OCH3 is 1. The number of aromatic nitrogens is 1. The molecule has 0 atom stereocenters. The monoisotopic (exact) mass is 382 g/mol. The van der Waals surface area contributed by atoms with Crippen LogP contribution >= 0.6 is 0 Å². The number of aliphatic imine (C=N–C) groups is 1.